The van der Waals surface area contributed by atoms with Crippen LogP contribution in [0.25, 0.3) is 0 Å². The standard InChI is InChI=1S/C9H14N4O/c1-6(2)5-13-8(14)4-3-7(12-13)9(10)11/h3-4,6H,5H2,1-2H3,(H3,10,11). The van der Waals surface area contributed by atoms with E-state index in [2.05, 4.69) is 5.10 Å². The Kier molecular flexibility index (Phi) is 3.01. The van der Waals surface area contributed by atoms with Crippen molar-refractivity contribution in [2.75, 3.05) is 0 Å². The van der Waals surface area contributed by atoms with Crippen molar-refractivity contribution in [2.24, 2.45) is 11.7 Å². The Morgan fingerprint density at radius 3 is 2.79 bits per heavy atom. The molecule has 0 saturated carbocycles. The molecule has 0 aliphatic carbocycles. The van der Waals surface area contributed by atoms with Crippen molar-refractivity contribution < 1.29 is 0 Å². The molecular formula is C9H14N4O. The third-order valence-electron chi connectivity index (χ3n) is 1.68. The number of nitrogen functional groups attached to an aromatic ring is 1. The first kappa shape index (κ1) is 10.4. The van der Waals surface area contributed by atoms with Crippen LogP contribution in [0.3, 0.4) is 0 Å². The van der Waals surface area contributed by atoms with Gasteiger partial charge in [-0.15, -0.1) is 0 Å². The number of nitrogens with two attached hydrogens (primary N) is 1. The van der Waals surface area contributed by atoms with Gasteiger partial charge in [0.25, 0.3) is 5.56 Å². The number of hydrogen-bond donors (Lipinski definition) is 2. The highest BCUT2D eigenvalue weighted by molar-refractivity contribution is 5.92. The van der Waals surface area contributed by atoms with E-state index in [1.165, 1.54) is 16.8 Å². The summed E-state index contributed by atoms with van der Waals surface area (Å²) in [6.07, 6.45) is 0. The molecule has 3 N–H and O–H groups in total. The van der Waals surface area contributed by atoms with E-state index in [0.29, 0.717) is 18.2 Å². The number of nitrogens with zero attached hydrogens (tertiary/aromatic N) is 2. The molecule has 5 nitrogen and oxygen atoms in total. The number of aromatic nitrogens is 2. The molecule has 0 bridgehead atoms. The van der Waals surface area contributed by atoms with Gasteiger partial charge in [0.2, 0.25) is 0 Å². The lowest BCUT2D eigenvalue weighted by atomic mass is 10.2. The van der Waals surface area contributed by atoms with Gasteiger partial charge in [0.05, 0.1) is 0 Å². The summed E-state index contributed by atoms with van der Waals surface area (Å²) in [4.78, 5) is 11.3. The molecule has 0 saturated heterocycles. The van der Waals surface area contributed by atoms with E-state index in [-0.39, 0.29) is 11.4 Å². The zero-order chi connectivity index (χ0) is 10.7. The van der Waals surface area contributed by atoms with Crippen LogP contribution >= 0.6 is 0 Å². The van der Waals surface area contributed by atoms with Crippen LogP contribution < -0.4 is 11.3 Å². The Balaban J connectivity index is 3.08. The highest BCUT2D eigenvalue weighted by Gasteiger charge is 2.04. The average Bonchev–Trinajstić information content (AvgIpc) is 2.07. The van der Waals surface area contributed by atoms with E-state index in [4.69, 9.17) is 11.1 Å². The Bertz CT molecular complexity index is 394. The fourth-order valence-corrected chi connectivity index (χ4v) is 1.07. The molecule has 1 rings (SSSR count). The van der Waals surface area contributed by atoms with Gasteiger partial charge in [-0.25, -0.2) is 4.68 Å². The Morgan fingerprint density at radius 2 is 2.29 bits per heavy atom. The van der Waals surface area contributed by atoms with Crippen molar-refractivity contribution in [3.8, 4) is 0 Å². The monoisotopic (exact) mass is 194 g/mol. The normalized spacial score (nSPS) is 10.5. The molecule has 5 heteroatoms. The second-order valence-electron chi connectivity index (χ2n) is 3.55. The third-order valence-corrected chi connectivity index (χ3v) is 1.68. The topological polar surface area (TPSA) is 84.8 Å². The zero-order valence-corrected chi connectivity index (χ0v) is 8.32. The van der Waals surface area contributed by atoms with E-state index in [1.807, 2.05) is 13.8 Å². The number of rotatable bonds is 3. The lowest BCUT2D eigenvalue weighted by Gasteiger charge is -2.07. The van der Waals surface area contributed by atoms with Gasteiger partial charge in [-0.3, -0.25) is 10.2 Å². The van der Waals surface area contributed by atoms with Crippen LogP contribution in [0.15, 0.2) is 16.9 Å². The molecule has 0 fully saturated rings. The van der Waals surface area contributed by atoms with Crippen molar-refractivity contribution in [2.45, 2.75) is 20.4 Å². The molecule has 0 aliphatic rings. The van der Waals surface area contributed by atoms with Crippen molar-refractivity contribution in [1.29, 1.82) is 5.41 Å². The maximum atomic E-state index is 11.3. The van der Waals surface area contributed by atoms with Crippen molar-refractivity contribution in [3.05, 3.63) is 28.2 Å². The van der Waals surface area contributed by atoms with Gasteiger partial charge in [0.1, 0.15) is 11.5 Å². The molecule has 1 aromatic heterocycles. The second-order valence-corrected chi connectivity index (χ2v) is 3.55. The van der Waals surface area contributed by atoms with Gasteiger partial charge in [-0.05, 0) is 12.0 Å². The Hall–Kier alpha value is -1.65. The van der Waals surface area contributed by atoms with Crippen LogP contribution in [0.4, 0.5) is 0 Å². The van der Waals surface area contributed by atoms with E-state index in [9.17, 15) is 4.79 Å². The highest BCUT2D eigenvalue weighted by Crippen LogP contribution is 1.95. The van der Waals surface area contributed by atoms with Gasteiger partial charge in [0, 0.05) is 12.6 Å². The lowest BCUT2D eigenvalue weighted by molar-refractivity contribution is 0.462. The maximum Gasteiger partial charge on any atom is 0.266 e. The molecule has 0 spiro atoms. The summed E-state index contributed by atoms with van der Waals surface area (Å²) < 4.78 is 1.33. The predicted octanol–water partition coefficient (Wildman–Crippen LogP) is 0.183. The molecule has 0 amide bonds. The van der Waals surface area contributed by atoms with Crippen LogP contribution in [-0.2, 0) is 6.54 Å². The molecule has 0 aromatic carbocycles. The summed E-state index contributed by atoms with van der Waals surface area (Å²) in [5.74, 6) is 0.213. The van der Waals surface area contributed by atoms with E-state index >= 15 is 0 Å². The quantitative estimate of drug-likeness (QED) is 0.532. The van der Waals surface area contributed by atoms with E-state index in [0.717, 1.165) is 0 Å². The molecule has 14 heavy (non-hydrogen) atoms. The van der Waals surface area contributed by atoms with Gasteiger partial charge in [0.15, 0.2) is 0 Å². The largest absolute Gasteiger partial charge is 0.382 e. The van der Waals surface area contributed by atoms with Gasteiger partial charge in [-0.1, -0.05) is 13.8 Å². The molecule has 1 aromatic rings. The summed E-state index contributed by atoms with van der Waals surface area (Å²) in [7, 11) is 0. The van der Waals surface area contributed by atoms with Gasteiger partial charge in [-0.2, -0.15) is 5.10 Å². The first-order valence-corrected chi connectivity index (χ1v) is 4.43. The summed E-state index contributed by atoms with van der Waals surface area (Å²) in [5.41, 5.74) is 5.44. The summed E-state index contributed by atoms with van der Waals surface area (Å²) in [6.45, 7) is 4.53. The smallest absolute Gasteiger partial charge is 0.266 e. The molecule has 76 valence electrons. The molecule has 0 aliphatic heterocycles. The Labute approximate surface area is 82.1 Å². The van der Waals surface area contributed by atoms with Crippen molar-refractivity contribution >= 4 is 5.84 Å². The van der Waals surface area contributed by atoms with Crippen LogP contribution in [-0.4, -0.2) is 15.6 Å². The minimum Gasteiger partial charge on any atom is -0.382 e. The molecule has 0 atom stereocenters. The zero-order valence-electron chi connectivity index (χ0n) is 8.32. The van der Waals surface area contributed by atoms with Gasteiger partial charge >= 0.3 is 0 Å². The third kappa shape index (κ3) is 2.42. The van der Waals surface area contributed by atoms with E-state index in [1.54, 1.807) is 0 Å². The van der Waals surface area contributed by atoms with Crippen molar-refractivity contribution in [1.82, 2.24) is 9.78 Å². The van der Waals surface area contributed by atoms with E-state index < -0.39 is 0 Å². The first-order valence-electron chi connectivity index (χ1n) is 4.43. The average molecular weight is 194 g/mol. The minimum absolute atomic E-state index is 0.123. The predicted molar refractivity (Wildman–Crippen MR) is 54.4 cm³/mol. The molecule has 0 radical (unpaired) electrons. The lowest BCUT2D eigenvalue weighted by Crippen LogP contribution is -2.27. The number of hydrogen-bond acceptors (Lipinski definition) is 3. The molecule has 1 heterocycles. The fourth-order valence-electron chi connectivity index (χ4n) is 1.07. The number of amidine groups is 1. The van der Waals surface area contributed by atoms with Crippen LogP contribution in [0, 0.1) is 11.3 Å². The summed E-state index contributed by atoms with van der Waals surface area (Å²) >= 11 is 0. The van der Waals surface area contributed by atoms with Crippen LogP contribution in [0.2, 0.25) is 0 Å². The van der Waals surface area contributed by atoms with Gasteiger partial charge < -0.3 is 5.73 Å². The molecular weight excluding hydrogens is 180 g/mol. The van der Waals surface area contributed by atoms with Crippen molar-refractivity contribution in [3.63, 3.8) is 0 Å². The fraction of sp³-hybridized carbons (Fsp3) is 0.444. The summed E-state index contributed by atoms with van der Waals surface area (Å²) in [6, 6.07) is 2.84. The highest BCUT2D eigenvalue weighted by atomic mass is 16.1. The first-order chi connectivity index (χ1) is 6.50. The Morgan fingerprint density at radius 1 is 1.64 bits per heavy atom. The summed E-state index contributed by atoms with van der Waals surface area (Å²) in [5, 5.41) is 11.2. The molecule has 0 unspecified atom stereocenters. The minimum atomic E-state index is -0.163. The maximum absolute atomic E-state index is 11.3. The second kappa shape index (κ2) is 4.04. The SMILES string of the molecule is CC(C)Cn1nc(C(=N)N)ccc1=O. The number of nitrogens with one attached hydrogen (secondary N) is 1. The van der Waals surface area contributed by atoms with Crippen LogP contribution in [0.1, 0.15) is 19.5 Å². The van der Waals surface area contributed by atoms with Crippen LogP contribution in [0.5, 0.6) is 0 Å².